The number of unbranched alkanes of at least 4 members (excludes halogenated alkanes) is 84. The van der Waals surface area contributed by atoms with Crippen LogP contribution in [-0.4, -0.2) is 73.9 Å². The summed E-state index contributed by atoms with van der Waals surface area (Å²) in [4.78, 5) is 72.0. The van der Waals surface area contributed by atoms with Gasteiger partial charge in [-0.05, 0) is 151 Å². The fraction of sp³-hybridized carbons (Fsp3) is 1.00. The van der Waals surface area contributed by atoms with Crippen molar-refractivity contribution >= 4 is 44.2 Å². The molecule has 0 spiro atoms. The van der Waals surface area contributed by atoms with Crippen LogP contribution in [0.4, 0.5) is 0 Å². The Balaban J connectivity index is -0.000000300. The van der Waals surface area contributed by atoms with E-state index in [1.54, 1.807) is 0 Å². The van der Waals surface area contributed by atoms with Crippen molar-refractivity contribution in [3.63, 3.8) is 0 Å². The van der Waals surface area contributed by atoms with E-state index in [-0.39, 0.29) is 21.1 Å². The molecule has 0 aliphatic rings. The van der Waals surface area contributed by atoms with Crippen LogP contribution in [0.25, 0.3) is 0 Å². The minimum atomic E-state index is -3.07. The van der Waals surface area contributed by atoms with Gasteiger partial charge in [-0.25, -0.2) is 0 Å². The third kappa shape index (κ3) is 148. The summed E-state index contributed by atoms with van der Waals surface area (Å²) in [6.07, 6.45) is 122. The van der Waals surface area contributed by atoms with E-state index in [9.17, 15) is 56.8 Å². The summed E-state index contributed by atoms with van der Waals surface area (Å²) in [6.45, 7) is 26.8. The van der Waals surface area contributed by atoms with Crippen molar-refractivity contribution in [3.8, 4) is 0 Å². The molecule has 0 radical (unpaired) electrons. The maximum Gasteiger partial charge on any atom is 0.0148 e. The van der Waals surface area contributed by atoms with Crippen LogP contribution < -0.4 is 29.4 Å². The summed E-state index contributed by atoms with van der Waals surface area (Å²) in [5, 5.41) is 0. The Labute approximate surface area is 889 Å². The summed E-state index contributed by atoms with van der Waals surface area (Å²) in [5.74, 6) is 0. The van der Waals surface area contributed by atoms with E-state index in [0.29, 0.717) is 73.9 Å². The van der Waals surface area contributed by atoms with Crippen LogP contribution in [0.2, 0.25) is 0 Å². The van der Waals surface area contributed by atoms with Crippen molar-refractivity contribution in [1.29, 1.82) is 0 Å². The largest absolute Gasteiger partial charge is 0.799 e. The summed E-state index contributed by atoms with van der Waals surface area (Å²) < 4.78 is 72.0. The minimum absolute atomic E-state index is 0. The average molecular weight is 2170 g/mol. The van der Waals surface area contributed by atoms with Crippen LogP contribution in [0.3, 0.4) is 0 Å². The zero-order valence-corrected chi connectivity index (χ0v) is 104. The molecule has 0 aromatic carbocycles. The molecule has 0 aromatic heterocycles. The van der Waals surface area contributed by atoms with Crippen LogP contribution in [0.15, 0.2) is 0 Å². The monoisotopic (exact) mass is 2170 g/mol. The standard InChI is InChI=1S/6C20H43O2P.Mo/c6*1-3-5-7-9-11-13-15-17-19-23(21,22)20-18-16-14-12-10-8-6-4-2;/h6*3-20H2,1-2H3,(H,21,22);/p-6. The fourth-order valence-electron chi connectivity index (χ4n) is 18.5. The second-order valence-corrected chi connectivity index (χ2v) is 58.4. The SMILES string of the molecule is CCCCCCCCCCP(=O)([O-])CCCCCCCCCC.CCCCCCCCCCP(=O)([O-])CCCCCCCCCC.CCCCCCCCCCP(=O)([O-])CCCCCCCCCC.CCCCCCCCCCP(=O)([O-])CCCCCCCCCC.CCCCCCCCCCP(=O)([O-])CCCCCCCCCC.CCCCCCCCCCP(=O)([O-])CCCCCCCCCC.[Mo]. The van der Waals surface area contributed by atoms with E-state index in [1.807, 2.05) is 0 Å². The first-order chi connectivity index (χ1) is 66.7. The molecular weight excluding hydrogens is 1920 g/mol. The Hall–Kier alpha value is 1.83. The molecule has 0 rings (SSSR count). The maximum atomic E-state index is 12.0. The minimum Gasteiger partial charge on any atom is -0.799 e. The molecule has 0 unspecified atom stereocenters. The van der Waals surface area contributed by atoms with E-state index >= 15 is 0 Å². The molecule has 0 fully saturated rings. The molecule has 139 heavy (non-hydrogen) atoms. The number of hydrogen-bond donors (Lipinski definition) is 0. The van der Waals surface area contributed by atoms with Crippen LogP contribution in [0, 0.1) is 0 Å². The molecule has 0 atom stereocenters. The second-order valence-electron chi connectivity index (χ2n) is 43.3. The quantitative estimate of drug-likeness (QED) is 0.0314. The van der Waals surface area contributed by atoms with E-state index < -0.39 is 44.2 Å². The maximum absolute atomic E-state index is 12.0. The van der Waals surface area contributed by atoms with Gasteiger partial charge in [0.15, 0.2) is 0 Å². The van der Waals surface area contributed by atoms with Gasteiger partial charge in [-0.3, -0.25) is 0 Å². The van der Waals surface area contributed by atoms with E-state index in [2.05, 4.69) is 83.1 Å². The van der Waals surface area contributed by atoms with Gasteiger partial charge >= 0.3 is 0 Å². The summed E-state index contributed by atoms with van der Waals surface area (Å²) in [7, 11) is -18.4. The van der Waals surface area contributed by atoms with Crippen LogP contribution in [-0.2, 0) is 48.5 Å². The van der Waals surface area contributed by atoms with Crippen molar-refractivity contribution < 1.29 is 77.8 Å². The van der Waals surface area contributed by atoms with E-state index in [0.717, 1.165) is 154 Å². The molecule has 0 heterocycles. The third-order valence-electron chi connectivity index (χ3n) is 28.2. The summed E-state index contributed by atoms with van der Waals surface area (Å²) >= 11 is 0. The van der Waals surface area contributed by atoms with Gasteiger partial charge in [0, 0.05) is 65.3 Å². The van der Waals surface area contributed by atoms with Crippen molar-refractivity contribution in [2.24, 2.45) is 0 Å². The number of rotatable bonds is 108. The first-order valence-corrected chi connectivity index (χ1v) is 74.4. The van der Waals surface area contributed by atoms with Gasteiger partial charge < -0.3 is 56.8 Å². The normalized spacial score (nSPS) is 11.9. The molecule has 0 aliphatic heterocycles. The summed E-state index contributed by atoms with van der Waals surface area (Å²) in [6, 6.07) is 0. The topological polar surface area (TPSA) is 241 Å². The Kier molecular flexibility index (Phi) is 140. The Morgan fingerprint density at radius 2 is 0.137 bits per heavy atom. The fourth-order valence-corrected chi connectivity index (χ4v) is 28.3. The molecule has 0 saturated carbocycles. The first kappa shape index (κ1) is 154. The van der Waals surface area contributed by atoms with Gasteiger partial charge in [0.25, 0.3) is 0 Å². The molecule has 12 nitrogen and oxygen atoms in total. The van der Waals surface area contributed by atoms with E-state index in [1.165, 1.54) is 462 Å². The smallest absolute Gasteiger partial charge is 0.0148 e. The van der Waals surface area contributed by atoms with Crippen LogP contribution in [0.5, 0.6) is 0 Å². The molecule has 0 bridgehead atoms. The van der Waals surface area contributed by atoms with Gasteiger partial charge in [0.1, 0.15) is 0 Å². The molecule has 0 amide bonds. The predicted molar refractivity (Wildman–Crippen MR) is 615 cm³/mol. The second kappa shape index (κ2) is 127. The molecule has 846 valence electrons. The molecule has 0 N–H and O–H groups in total. The molecule has 19 heteroatoms. The van der Waals surface area contributed by atoms with Gasteiger partial charge in [-0.1, -0.05) is 622 Å². The molecule has 0 aromatic rings. The first-order valence-electron chi connectivity index (χ1n) is 62.5. The zero-order chi connectivity index (χ0) is 103. The average Bonchev–Trinajstić information content (AvgIpc) is 0.967. The summed E-state index contributed by atoms with van der Waals surface area (Å²) in [5.41, 5.74) is 0. The predicted octanol–water partition coefficient (Wildman–Crippen LogP) is 41.4. The number of hydrogen-bond acceptors (Lipinski definition) is 12. The van der Waals surface area contributed by atoms with Crippen LogP contribution in [0.1, 0.15) is 699 Å². The Bertz CT molecular complexity index is 1970. The van der Waals surface area contributed by atoms with Crippen molar-refractivity contribution in [2.45, 2.75) is 699 Å². The van der Waals surface area contributed by atoms with Gasteiger partial charge in [0.05, 0.1) is 0 Å². The molecular formula is C120H252MoO12P6-6. The van der Waals surface area contributed by atoms with Gasteiger partial charge in [0.2, 0.25) is 0 Å². The van der Waals surface area contributed by atoms with Gasteiger partial charge in [-0.2, -0.15) is 0 Å². The Morgan fingerprint density at radius 1 is 0.0935 bits per heavy atom. The van der Waals surface area contributed by atoms with Crippen molar-refractivity contribution in [2.75, 3.05) is 73.9 Å². The van der Waals surface area contributed by atoms with Crippen molar-refractivity contribution in [3.05, 3.63) is 0 Å². The molecule has 0 aliphatic carbocycles. The van der Waals surface area contributed by atoms with Crippen molar-refractivity contribution in [1.82, 2.24) is 0 Å². The van der Waals surface area contributed by atoms with Crippen LogP contribution >= 0.6 is 44.2 Å². The molecule has 0 saturated heterocycles. The zero-order valence-electron chi connectivity index (χ0n) is 96.4. The third-order valence-corrected chi connectivity index (χ3v) is 40.2. The Morgan fingerprint density at radius 3 is 0.187 bits per heavy atom. The van der Waals surface area contributed by atoms with Gasteiger partial charge in [-0.15, -0.1) is 0 Å². The van der Waals surface area contributed by atoms with E-state index in [4.69, 9.17) is 0 Å².